The summed E-state index contributed by atoms with van der Waals surface area (Å²) in [5.74, 6) is 0.712. The summed E-state index contributed by atoms with van der Waals surface area (Å²) in [6, 6.07) is 36.1. The molecular weight excluding hydrogens is 368 g/mol. The van der Waals surface area contributed by atoms with Crippen LogP contribution in [-0.4, -0.2) is 10.2 Å². The molecule has 0 spiro atoms. The van der Waals surface area contributed by atoms with Crippen molar-refractivity contribution in [2.45, 2.75) is 24.7 Å². The van der Waals surface area contributed by atoms with Gasteiger partial charge in [-0.25, -0.2) is 0 Å². The Labute approximate surface area is 178 Å². The molecule has 0 fully saturated rings. The van der Waals surface area contributed by atoms with Gasteiger partial charge in [0.1, 0.15) is 11.5 Å². The highest BCUT2D eigenvalue weighted by Gasteiger charge is 2.33. The van der Waals surface area contributed by atoms with Crippen molar-refractivity contribution in [3.05, 3.63) is 131 Å². The molecule has 4 rings (SSSR count). The minimum Gasteiger partial charge on any atom is -0.508 e. The average Bonchev–Trinajstić information content (AvgIpc) is 2.79. The molecule has 0 radical (unpaired) electrons. The van der Waals surface area contributed by atoms with E-state index in [2.05, 4.69) is 55.5 Å². The van der Waals surface area contributed by atoms with Crippen molar-refractivity contribution < 1.29 is 10.2 Å². The van der Waals surface area contributed by atoms with Crippen LogP contribution in [0.25, 0.3) is 0 Å². The summed E-state index contributed by atoms with van der Waals surface area (Å²) in [5.41, 5.74) is 4.48. The number of rotatable bonds is 6. The van der Waals surface area contributed by atoms with Gasteiger partial charge in [0.15, 0.2) is 0 Å². The van der Waals surface area contributed by atoms with E-state index in [4.69, 9.17) is 0 Å². The van der Waals surface area contributed by atoms with E-state index in [1.54, 1.807) is 24.3 Å². The summed E-state index contributed by atoms with van der Waals surface area (Å²) in [6.07, 6.45) is 0.844. The first-order chi connectivity index (χ1) is 14.6. The third-order valence-electron chi connectivity index (χ3n) is 6.03. The highest BCUT2D eigenvalue weighted by molar-refractivity contribution is 5.44. The maximum absolute atomic E-state index is 9.83. The minimum atomic E-state index is -0.322. The number of benzene rings is 4. The predicted molar refractivity (Wildman–Crippen MR) is 122 cm³/mol. The van der Waals surface area contributed by atoms with E-state index in [9.17, 15) is 10.2 Å². The van der Waals surface area contributed by atoms with Gasteiger partial charge >= 0.3 is 0 Å². The van der Waals surface area contributed by atoms with Crippen LogP contribution in [0.2, 0.25) is 0 Å². The number of phenols is 2. The smallest absolute Gasteiger partial charge is 0.115 e. The van der Waals surface area contributed by atoms with Crippen LogP contribution in [0, 0.1) is 0 Å². The van der Waals surface area contributed by atoms with Crippen LogP contribution < -0.4 is 0 Å². The first-order valence-electron chi connectivity index (χ1n) is 10.3. The van der Waals surface area contributed by atoms with E-state index < -0.39 is 0 Å². The topological polar surface area (TPSA) is 40.5 Å². The Hall–Kier alpha value is -3.52. The second kappa shape index (κ2) is 8.46. The van der Waals surface area contributed by atoms with E-state index in [0.717, 1.165) is 17.5 Å². The van der Waals surface area contributed by atoms with Gasteiger partial charge in [-0.05, 0) is 52.9 Å². The summed E-state index contributed by atoms with van der Waals surface area (Å²) < 4.78 is 0. The average molecular weight is 395 g/mol. The zero-order chi connectivity index (χ0) is 21.0. The normalized spacial score (nSPS) is 11.5. The molecule has 0 amide bonds. The lowest BCUT2D eigenvalue weighted by Crippen LogP contribution is -2.27. The van der Waals surface area contributed by atoms with Gasteiger partial charge in [0.2, 0.25) is 0 Å². The molecule has 0 aliphatic heterocycles. The van der Waals surface area contributed by atoms with Crippen LogP contribution in [0.4, 0.5) is 0 Å². The molecule has 2 N–H and O–H groups in total. The van der Waals surface area contributed by atoms with Crippen molar-refractivity contribution in [3.8, 4) is 11.5 Å². The molecule has 0 saturated carbocycles. The molecule has 0 heterocycles. The maximum Gasteiger partial charge on any atom is 0.115 e. The van der Waals surface area contributed by atoms with Gasteiger partial charge in [-0.3, -0.25) is 0 Å². The molecule has 30 heavy (non-hydrogen) atoms. The molecule has 0 aromatic heterocycles. The largest absolute Gasteiger partial charge is 0.508 e. The summed E-state index contributed by atoms with van der Waals surface area (Å²) in [4.78, 5) is 0. The first kappa shape index (κ1) is 19.8. The van der Waals surface area contributed by atoms with Crippen molar-refractivity contribution >= 4 is 0 Å². The lowest BCUT2D eigenvalue weighted by molar-refractivity contribution is 0.465. The van der Waals surface area contributed by atoms with E-state index in [-0.39, 0.29) is 22.8 Å². The van der Waals surface area contributed by atoms with Crippen LogP contribution in [0.15, 0.2) is 109 Å². The van der Waals surface area contributed by atoms with Crippen molar-refractivity contribution in [1.29, 1.82) is 0 Å². The Morgan fingerprint density at radius 1 is 0.567 bits per heavy atom. The van der Waals surface area contributed by atoms with Gasteiger partial charge in [0, 0.05) is 11.3 Å². The van der Waals surface area contributed by atoms with E-state index in [1.807, 2.05) is 36.4 Å². The molecular formula is C28H26O2. The van der Waals surface area contributed by atoms with Crippen molar-refractivity contribution in [2.75, 3.05) is 0 Å². The van der Waals surface area contributed by atoms with Gasteiger partial charge in [0.25, 0.3) is 0 Å². The van der Waals surface area contributed by atoms with Crippen LogP contribution >= 0.6 is 0 Å². The Bertz CT molecular complexity index is 984. The Balaban J connectivity index is 1.85. The molecule has 4 aromatic rings. The van der Waals surface area contributed by atoms with Crippen molar-refractivity contribution in [1.82, 2.24) is 0 Å². The first-order valence-corrected chi connectivity index (χ1v) is 10.3. The summed E-state index contributed by atoms with van der Waals surface area (Å²) in [5, 5.41) is 19.7. The number of phenolic OH excluding ortho intramolecular Hbond substituents is 2. The molecule has 0 aliphatic rings. The predicted octanol–water partition coefficient (Wildman–Crippen LogP) is 6.63. The Kier molecular flexibility index (Phi) is 5.58. The highest BCUT2D eigenvalue weighted by atomic mass is 16.3. The van der Waals surface area contributed by atoms with Crippen molar-refractivity contribution in [3.63, 3.8) is 0 Å². The minimum absolute atomic E-state index is 0.194. The van der Waals surface area contributed by atoms with Crippen LogP contribution in [0.3, 0.4) is 0 Å². The molecule has 4 aromatic carbocycles. The lowest BCUT2D eigenvalue weighted by Gasteiger charge is -2.35. The van der Waals surface area contributed by atoms with Crippen LogP contribution in [0.5, 0.6) is 11.5 Å². The zero-order valence-corrected chi connectivity index (χ0v) is 17.1. The van der Waals surface area contributed by atoms with Gasteiger partial charge in [-0.1, -0.05) is 91.9 Å². The highest BCUT2D eigenvalue weighted by Crippen LogP contribution is 2.43. The zero-order valence-electron chi connectivity index (χ0n) is 17.1. The molecule has 0 atom stereocenters. The molecule has 0 aliphatic carbocycles. The number of hydrogen-bond donors (Lipinski definition) is 2. The van der Waals surface area contributed by atoms with E-state index >= 15 is 0 Å². The molecule has 150 valence electrons. The van der Waals surface area contributed by atoms with Crippen LogP contribution in [0.1, 0.15) is 41.5 Å². The second-order valence-corrected chi connectivity index (χ2v) is 8.00. The maximum atomic E-state index is 9.83. The third-order valence-corrected chi connectivity index (χ3v) is 6.03. The number of hydrogen-bond acceptors (Lipinski definition) is 2. The Morgan fingerprint density at radius 2 is 0.933 bits per heavy atom. The second-order valence-electron chi connectivity index (χ2n) is 8.00. The fourth-order valence-corrected chi connectivity index (χ4v) is 4.27. The van der Waals surface area contributed by atoms with Gasteiger partial charge in [-0.15, -0.1) is 0 Å². The number of aromatic hydroxyl groups is 2. The standard InChI is InChI=1S/C28H26O2/c1-28(23-12-16-25(29)17-13-23,24-14-18-26(30)19-15-24)20-27(21-8-4-2-5-9-21)22-10-6-3-7-11-22/h2-19,27,29-30H,20H2,1H3. The quantitative estimate of drug-likeness (QED) is 0.385. The van der Waals surface area contributed by atoms with Gasteiger partial charge in [0.05, 0.1) is 0 Å². The summed E-state index contributed by atoms with van der Waals surface area (Å²) >= 11 is 0. The fourth-order valence-electron chi connectivity index (χ4n) is 4.27. The SMILES string of the molecule is CC(CC(c1ccccc1)c1ccccc1)(c1ccc(O)cc1)c1ccc(O)cc1. The summed E-state index contributed by atoms with van der Waals surface area (Å²) in [6.45, 7) is 2.24. The molecule has 0 unspecified atom stereocenters. The fraction of sp³-hybridized carbons (Fsp3) is 0.143. The lowest BCUT2D eigenvalue weighted by atomic mass is 9.68. The Morgan fingerprint density at radius 3 is 1.30 bits per heavy atom. The van der Waals surface area contributed by atoms with Gasteiger partial charge in [-0.2, -0.15) is 0 Å². The monoisotopic (exact) mass is 394 g/mol. The van der Waals surface area contributed by atoms with Crippen molar-refractivity contribution in [2.24, 2.45) is 0 Å². The summed E-state index contributed by atoms with van der Waals surface area (Å²) in [7, 11) is 0. The molecule has 2 heteroatoms. The van der Waals surface area contributed by atoms with E-state index in [1.165, 1.54) is 11.1 Å². The van der Waals surface area contributed by atoms with Crippen LogP contribution in [-0.2, 0) is 5.41 Å². The van der Waals surface area contributed by atoms with Gasteiger partial charge < -0.3 is 10.2 Å². The third kappa shape index (κ3) is 4.08. The molecule has 0 saturated heterocycles. The van der Waals surface area contributed by atoms with E-state index in [0.29, 0.717) is 0 Å². The molecule has 0 bridgehead atoms. The molecule has 2 nitrogen and oxygen atoms in total.